The highest BCUT2D eigenvalue weighted by Gasteiger charge is 2.13. The summed E-state index contributed by atoms with van der Waals surface area (Å²) in [6.07, 6.45) is 12.3. The number of hydrogen-bond donors (Lipinski definition) is 0. The second kappa shape index (κ2) is 9.66. The molecule has 0 saturated heterocycles. The molecule has 0 aliphatic heterocycles. The Morgan fingerprint density at radius 3 is 2.18 bits per heavy atom. The minimum absolute atomic E-state index is 0.743. The van der Waals surface area contributed by atoms with Crippen molar-refractivity contribution in [3.63, 3.8) is 0 Å². The van der Waals surface area contributed by atoms with Crippen molar-refractivity contribution >= 4 is 10.8 Å². The Labute approximate surface area is 136 Å². The highest BCUT2D eigenvalue weighted by molar-refractivity contribution is 5.86. The third-order valence-electron chi connectivity index (χ3n) is 4.83. The van der Waals surface area contributed by atoms with Gasteiger partial charge >= 0.3 is 0 Å². The van der Waals surface area contributed by atoms with E-state index in [4.69, 9.17) is 0 Å². The third-order valence-corrected chi connectivity index (χ3v) is 4.83. The largest absolute Gasteiger partial charge is 0.0654 e. The number of fused-ring (bicyclic) bond motifs is 1. The van der Waals surface area contributed by atoms with Crippen molar-refractivity contribution in [3.05, 3.63) is 48.0 Å². The van der Waals surface area contributed by atoms with Gasteiger partial charge in [0, 0.05) is 0 Å². The zero-order chi connectivity index (χ0) is 15.6. The van der Waals surface area contributed by atoms with E-state index in [1.807, 2.05) is 0 Å². The highest BCUT2D eigenvalue weighted by Crippen LogP contribution is 2.33. The molecule has 0 radical (unpaired) electrons. The lowest BCUT2D eigenvalue weighted by Gasteiger charge is -2.19. The molecule has 0 N–H and O–H groups in total. The second-order valence-corrected chi connectivity index (χ2v) is 6.61. The molecule has 120 valence electrons. The van der Waals surface area contributed by atoms with Crippen molar-refractivity contribution in [1.29, 1.82) is 0 Å². The molecule has 2 rings (SSSR count). The molecule has 22 heavy (non-hydrogen) atoms. The number of rotatable bonds is 10. The molecule has 0 aliphatic rings. The van der Waals surface area contributed by atoms with E-state index >= 15 is 0 Å². The summed E-state index contributed by atoms with van der Waals surface area (Å²) in [6, 6.07) is 15.7. The molecule has 1 atom stereocenters. The summed E-state index contributed by atoms with van der Waals surface area (Å²) >= 11 is 0. The summed E-state index contributed by atoms with van der Waals surface area (Å²) < 4.78 is 0. The van der Waals surface area contributed by atoms with Crippen LogP contribution in [0.1, 0.15) is 83.1 Å². The van der Waals surface area contributed by atoms with E-state index in [0.717, 1.165) is 5.92 Å². The summed E-state index contributed by atoms with van der Waals surface area (Å²) in [6.45, 7) is 4.60. The Bertz CT molecular complexity index is 535. The van der Waals surface area contributed by atoms with E-state index in [9.17, 15) is 0 Å². The number of unbranched alkanes of at least 4 members (excludes halogenated alkanes) is 5. The Kier molecular flexibility index (Phi) is 7.49. The van der Waals surface area contributed by atoms with Crippen LogP contribution in [-0.2, 0) is 0 Å². The van der Waals surface area contributed by atoms with Crippen molar-refractivity contribution in [2.45, 2.75) is 77.6 Å². The van der Waals surface area contributed by atoms with Gasteiger partial charge in [-0.3, -0.25) is 0 Å². The van der Waals surface area contributed by atoms with E-state index in [-0.39, 0.29) is 0 Å². The Balaban J connectivity index is 2.09. The van der Waals surface area contributed by atoms with E-state index in [1.165, 1.54) is 68.6 Å². The third kappa shape index (κ3) is 4.87. The van der Waals surface area contributed by atoms with Crippen LogP contribution in [0.25, 0.3) is 10.8 Å². The van der Waals surface area contributed by atoms with Gasteiger partial charge in [-0.15, -0.1) is 0 Å². The zero-order valence-corrected chi connectivity index (χ0v) is 14.5. The molecule has 0 nitrogen and oxygen atoms in total. The summed E-state index contributed by atoms with van der Waals surface area (Å²) in [4.78, 5) is 0. The monoisotopic (exact) mass is 296 g/mol. The molecule has 2 aromatic carbocycles. The van der Waals surface area contributed by atoms with Crippen molar-refractivity contribution in [2.24, 2.45) is 0 Å². The van der Waals surface area contributed by atoms with E-state index in [2.05, 4.69) is 56.3 Å². The molecule has 0 amide bonds. The second-order valence-electron chi connectivity index (χ2n) is 6.61. The van der Waals surface area contributed by atoms with Crippen LogP contribution >= 0.6 is 0 Å². The van der Waals surface area contributed by atoms with Crippen LogP contribution in [0, 0.1) is 0 Å². The lowest BCUT2D eigenvalue weighted by molar-refractivity contribution is 0.507. The van der Waals surface area contributed by atoms with Crippen LogP contribution in [0.5, 0.6) is 0 Å². The fourth-order valence-corrected chi connectivity index (χ4v) is 3.51. The van der Waals surface area contributed by atoms with Crippen molar-refractivity contribution in [1.82, 2.24) is 0 Å². The Hall–Kier alpha value is -1.30. The predicted octanol–water partition coefficient (Wildman–Crippen LogP) is 7.47. The molecule has 0 saturated carbocycles. The molecule has 1 unspecified atom stereocenters. The zero-order valence-electron chi connectivity index (χ0n) is 14.5. The number of benzene rings is 2. The summed E-state index contributed by atoms with van der Waals surface area (Å²) in [5.74, 6) is 0.743. The molecule has 0 aliphatic carbocycles. The van der Waals surface area contributed by atoms with Crippen molar-refractivity contribution in [3.8, 4) is 0 Å². The quantitative estimate of drug-likeness (QED) is 0.399. The molecule has 0 spiro atoms. The van der Waals surface area contributed by atoms with Gasteiger partial charge in [-0.1, -0.05) is 101 Å². The van der Waals surface area contributed by atoms with Crippen LogP contribution < -0.4 is 0 Å². The standard InChI is InChI=1S/C22H32/c1-3-5-7-8-9-14-19(13-6-4-2)22-18-12-16-20-15-10-11-17-21(20)22/h10-12,15-19H,3-9,13-14H2,1-2H3. The van der Waals surface area contributed by atoms with Crippen molar-refractivity contribution < 1.29 is 0 Å². The van der Waals surface area contributed by atoms with Gasteiger partial charge in [0.05, 0.1) is 0 Å². The molecule has 0 heterocycles. The maximum absolute atomic E-state index is 2.37. The first-order valence-electron chi connectivity index (χ1n) is 9.34. The van der Waals surface area contributed by atoms with E-state index < -0.39 is 0 Å². The van der Waals surface area contributed by atoms with Crippen LogP contribution in [0.2, 0.25) is 0 Å². The Morgan fingerprint density at radius 2 is 1.36 bits per heavy atom. The topological polar surface area (TPSA) is 0 Å². The fraction of sp³-hybridized carbons (Fsp3) is 0.545. The molecule has 0 aromatic heterocycles. The average molecular weight is 296 g/mol. The van der Waals surface area contributed by atoms with Gasteiger partial charge in [0.1, 0.15) is 0 Å². The van der Waals surface area contributed by atoms with Gasteiger partial charge in [-0.25, -0.2) is 0 Å². The average Bonchev–Trinajstić information content (AvgIpc) is 2.57. The van der Waals surface area contributed by atoms with E-state index in [1.54, 1.807) is 5.56 Å². The maximum atomic E-state index is 2.37. The summed E-state index contributed by atoms with van der Waals surface area (Å²) in [5, 5.41) is 2.87. The van der Waals surface area contributed by atoms with Crippen LogP contribution in [0.4, 0.5) is 0 Å². The molecule has 0 heteroatoms. The van der Waals surface area contributed by atoms with Crippen LogP contribution in [0.3, 0.4) is 0 Å². The van der Waals surface area contributed by atoms with Crippen molar-refractivity contribution in [2.75, 3.05) is 0 Å². The lowest BCUT2D eigenvalue weighted by Crippen LogP contribution is -2.00. The first kappa shape index (κ1) is 17.1. The lowest BCUT2D eigenvalue weighted by atomic mass is 9.86. The SMILES string of the molecule is CCCCCCCC(CCCC)c1cccc2ccccc12. The molecular weight excluding hydrogens is 264 g/mol. The van der Waals surface area contributed by atoms with Gasteiger partial charge < -0.3 is 0 Å². The van der Waals surface area contributed by atoms with Gasteiger partial charge in [0.2, 0.25) is 0 Å². The van der Waals surface area contributed by atoms with E-state index in [0.29, 0.717) is 0 Å². The first-order chi connectivity index (χ1) is 10.9. The smallest absolute Gasteiger partial charge is 0.0149 e. The molecule has 0 fully saturated rings. The highest BCUT2D eigenvalue weighted by atomic mass is 14.2. The summed E-state index contributed by atoms with van der Waals surface area (Å²) in [7, 11) is 0. The normalized spacial score (nSPS) is 12.6. The minimum atomic E-state index is 0.743. The minimum Gasteiger partial charge on any atom is -0.0654 e. The fourth-order valence-electron chi connectivity index (χ4n) is 3.51. The van der Waals surface area contributed by atoms with Gasteiger partial charge in [0.15, 0.2) is 0 Å². The van der Waals surface area contributed by atoms with Gasteiger partial charge in [0.25, 0.3) is 0 Å². The van der Waals surface area contributed by atoms with Crippen LogP contribution in [0.15, 0.2) is 42.5 Å². The number of hydrogen-bond acceptors (Lipinski definition) is 0. The summed E-state index contributed by atoms with van der Waals surface area (Å²) in [5.41, 5.74) is 1.59. The molecule has 0 bridgehead atoms. The predicted molar refractivity (Wildman–Crippen MR) is 99.6 cm³/mol. The molecular formula is C22H32. The molecule has 2 aromatic rings. The Morgan fingerprint density at radius 1 is 0.682 bits per heavy atom. The first-order valence-corrected chi connectivity index (χ1v) is 9.34. The van der Waals surface area contributed by atoms with Crippen LogP contribution in [-0.4, -0.2) is 0 Å². The maximum Gasteiger partial charge on any atom is -0.0149 e. The van der Waals surface area contributed by atoms with Gasteiger partial charge in [-0.2, -0.15) is 0 Å². The van der Waals surface area contributed by atoms with Gasteiger partial charge in [-0.05, 0) is 35.1 Å².